The second-order valence-electron chi connectivity index (χ2n) is 11.8. The van der Waals surface area contributed by atoms with Crippen molar-refractivity contribution in [2.75, 3.05) is 92.6 Å². The molecule has 43 heavy (non-hydrogen) atoms. The number of benzene rings is 2. The van der Waals surface area contributed by atoms with Crippen LogP contribution in [0.5, 0.6) is 17.2 Å². The van der Waals surface area contributed by atoms with Crippen molar-refractivity contribution in [1.82, 2.24) is 30.2 Å². The first-order valence-corrected chi connectivity index (χ1v) is 15.5. The highest BCUT2D eigenvalue weighted by molar-refractivity contribution is 6.02. The first-order chi connectivity index (χ1) is 20.7. The number of aromatic hydroxyl groups is 3. The largest absolute Gasteiger partial charge is 0.507 e. The molecule has 0 radical (unpaired) electrons. The number of rotatable bonds is 13. The lowest BCUT2D eigenvalue weighted by Gasteiger charge is -2.32. The summed E-state index contributed by atoms with van der Waals surface area (Å²) in [6.07, 6.45) is 4.70. The molecule has 0 saturated carbocycles. The number of hydrogen-bond donors (Lipinski definition) is 5. The Balaban J connectivity index is 1.34. The van der Waals surface area contributed by atoms with Gasteiger partial charge in [-0.1, -0.05) is 12.1 Å². The zero-order valence-corrected chi connectivity index (χ0v) is 25.6. The minimum Gasteiger partial charge on any atom is -0.507 e. The third-order valence-electron chi connectivity index (χ3n) is 8.52. The monoisotopic (exact) mass is 596 g/mol. The second kappa shape index (κ2) is 15.9. The van der Waals surface area contributed by atoms with Crippen LogP contribution < -0.4 is 10.6 Å². The van der Waals surface area contributed by atoms with E-state index in [-0.39, 0.29) is 58.2 Å². The van der Waals surface area contributed by atoms with Crippen LogP contribution in [0.15, 0.2) is 24.3 Å². The molecule has 2 aromatic rings. The number of phenols is 3. The van der Waals surface area contributed by atoms with E-state index in [0.717, 1.165) is 78.3 Å². The van der Waals surface area contributed by atoms with Crippen molar-refractivity contribution in [3.63, 3.8) is 0 Å². The number of nitrogens with zero attached hydrogens (tertiary/aromatic N) is 4. The van der Waals surface area contributed by atoms with Gasteiger partial charge in [0.15, 0.2) is 0 Å². The van der Waals surface area contributed by atoms with Crippen LogP contribution in [0.4, 0.5) is 0 Å². The number of carbonyl (C=O) groups excluding carboxylic acids is 2. The lowest BCUT2D eigenvalue weighted by molar-refractivity contribution is -0.121. The molecule has 0 spiro atoms. The molecule has 5 N–H and O–H groups in total. The molecule has 0 atom stereocenters. The van der Waals surface area contributed by atoms with Crippen LogP contribution in [0.2, 0.25) is 0 Å². The molecule has 0 unspecified atom stereocenters. The molecule has 2 saturated heterocycles. The summed E-state index contributed by atoms with van der Waals surface area (Å²) in [4.78, 5) is 34.7. The number of phenolic OH excluding ortho intramolecular Hbond substituents is 3. The number of hydrogen-bond acceptors (Lipinski definition) is 9. The topological polar surface area (TPSA) is 132 Å². The molecule has 0 aliphatic carbocycles. The van der Waals surface area contributed by atoms with E-state index in [4.69, 9.17) is 0 Å². The molecular formula is C32H48N6O5. The summed E-state index contributed by atoms with van der Waals surface area (Å²) in [6, 6.07) is 4.61. The Morgan fingerprint density at radius 2 is 1.40 bits per heavy atom. The van der Waals surface area contributed by atoms with Crippen molar-refractivity contribution in [3.8, 4) is 17.2 Å². The molecule has 2 aromatic carbocycles. The fraction of sp³-hybridized carbons (Fsp3) is 0.562. The number of nitrogens with one attached hydrogen (secondary N) is 2. The van der Waals surface area contributed by atoms with Gasteiger partial charge in [-0.25, -0.2) is 0 Å². The van der Waals surface area contributed by atoms with Gasteiger partial charge in [-0.3, -0.25) is 9.59 Å². The first kappa shape index (κ1) is 32.5. The maximum atomic E-state index is 12.7. The molecule has 0 aromatic heterocycles. The Bertz CT molecular complexity index is 1270. The predicted molar refractivity (Wildman–Crippen MR) is 169 cm³/mol. The number of likely N-dealkylation sites (N-methyl/N-ethyl adjacent to an activating group) is 2. The normalized spacial score (nSPS) is 17.5. The van der Waals surface area contributed by atoms with Gasteiger partial charge < -0.3 is 45.6 Å². The maximum absolute atomic E-state index is 12.7. The van der Waals surface area contributed by atoms with Gasteiger partial charge >= 0.3 is 0 Å². The van der Waals surface area contributed by atoms with Gasteiger partial charge in [-0.15, -0.1) is 0 Å². The van der Waals surface area contributed by atoms with E-state index in [1.165, 1.54) is 18.2 Å². The van der Waals surface area contributed by atoms with Gasteiger partial charge in [-0.05, 0) is 58.6 Å². The molecule has 2 aliphatic rings. The third kappa shape index (κ3) is 9.30. The molecule has 2 fully saturated rings. The van der Waals surface area contributed by atoms with Gasteiger partial charge in [0.2, 0.25) is 11.8 Å². The molecular weight excluding hydrogens is 548 g/mol. The van der Waals surface area contributed by atoms with E-state index in [0.29, 0.717) is 18.7 Å². The lowest BCUT2D eigenvalue weighted by Crippen LogP contribution is -2.45. The molecule has 2 amide bonds. The van der Waals surface area contributed by atoms with Crippen LogP contribution in [-0.4, -0.2) is 139 Å². The minimum absolute atomic E-state index is 0.101. The minimum atomic E-state index is -0.321. The van der Waals surface area contributed by atoms with E-state index in [1.54, 1.807) is 12.1 Å². The molecule has 4 rings (SSSR count). The van der Waals surface area contributed by atoms with Crippen molar-refractivity contribution in [2.24, 2.45) is 0 Å². The Morgan fingerprint density at radius 3 is 2.00 bits per heavy atom. The Morgan fingerprint density at radius 1 is 0.814 bits per heavy atom. The first-order valence-electron chi connectivity index (χ1n) is 15.5. The summed E-state index contributed by atoms with van der Waals surface area (Å²) in [5.74, 6) is -1.02. The van der Waals surface area contributed by atoms with Crippen molar-refractivity contribution in [1.29, 1.82) is 0 Å². The molecule has 0 bridgehead atoms. The fourth-order valence-corrected chi connectivity index (χ4v) is 5.72. The smallest absolute Gasteiger partial charge is 0.244 e. The van der Waals surface area contributed by atoms with E-state index >= 15 is 0 Å². The van der Waals surface area contributed by atoms with Crippen LogP contribution in [-0.2, 0) is 16.0 Å². The zero-order valence-electron chi connectivity index (χ0n) is 25.6. The Kier molecular flexibility index (Phi) is 12.0. The van der Waals surface area contributed by atoms with Crippen LogP contribution in [0, 0.1) is 0 Å². The average molecular weight is 597 g/mol. The highest BCUT2D eigenvalue weighted by atomic mass is 16.3. The van der Waals surface area contributed by atoms with Crippen molar-refractivity contribution < 1.29 is 24.9 Å². The van der Waals surface area contributed by atoms with Crippen molar-refractivity contribution >= 4 is 28.7 Å². The van der Waals surface area contributed by atoms with Gasteiger partial charge in [-0.2, -0.15) is 0 Å². The average Bonchev–Trinajstić information content (AvgIpc) is 2.99. The number of fused-ring (bicyclic) bond motifs is 1. The number of amides is 2. The van der Waals surface area contributed by atoms with Gasteiger partial charge in [0.05, 0.1) is 5.39 Å². The van der Waals surface area contributed by atoms with Crippen LogP contribution in [0.3, 0.4) is 0 Å². The SMILES string of the molecule is CN1CCN(CCCNC(=O)/C=C/c2c(CCC(=O)NCCCN3CCN(C)CC3)c(O)c3cccc(O)c3c2O)CC1. The van der Waals surface area contributed by atoms with Crippen LogP contribution in [0.1, 0.15) is 30.4 Å². The van der Waals surface area contributed by atoms with Crippen LogP contribution >= 0.6 is 0 Å². The number of carbonyl (C=O) groups is 2. The predicted octanol–water partition coefficient (Wildman–Crippen LogP) is 1.41. The molecule has 2 heterocycles. The van der Waals surface area contributed by atoms with E-state index in [1.807, 2.05) is 0 Å². The van der Waals surface area contributed by atoms with Crippen molar-refractivity contribution in [2.45, 2.75) is 25.7 Å². The molecule has 11 heteroatoms. The fourth-order valence-electron chi connectivity index (χ4n) is 5.72. The summed E-state index contributed by atoms with van der Waals surface area (Å²) in [6.45, 7) is 11.3. The zero-order chi connectivity index (χ0) is 30.8. The summed E-state index contributed by atoms with van der Waals surface area (Å²) < 4.78 is 0. The Hall–Kier alpha value is -3.38. The Labute approximate surface area is 254 Å². The van der Waals surface area contributed by atoms with Gasteiger partial charge in [0.25, 0.3) is 0 Å². The van der Waals surface area contributed by atoms with Gasteiger partial charge in [0.1, 0.15) is 17.2 Å². The quantitative estimate of drug-likeness (QED) is 0.132. The highest BCUT2D eigenvalue weighted by Crippen LogP contribution is 2.44. The number of piperazine rings is 2. The summed E-state index contributed by atoms with van der Waals surface area (Å²) in [5.41, 5.74) is 0.559. The van der Waals surface area contributed by atoms with Crippen molar-refractivity contribution in [3.05, 3.63) is 35.4 Å². The summed E-state index contributed by atoms with van der Waals surface area (Å²) >= 11 is 0. The molecule has 11 nitrogen and oxygen atoms in total. The van der Waals surface area contributed by atoms with E-state index in [2.05, 4.69) is 44.3 Å². The summed E-state index contributed by atoms with van der Waals surface area (Å²) in [5, 5.41) is 38.9. The van der Waals surface area contributed by atoms with Crippen LogP contribution in [0.25, 0.3) is 16.8 Å². The molecule has 236 valence electrons. The third-order valence-corrected chi connectivity index (χ3v) is 8.52. The van der Waals surface area contributed by atoms with E-state index < -0.39 is 0 Å². The highest BCUT2D eigenvalue weighted by Gasteiger charge is 2.21. The molecule has 2 aliphatic heterocycles. The van der Waals surface area contributed by atoms with E-state index in [9.17, 15) is 24.9 Å². The second-order valence-corrected chi connectivity index (χ2v) is 11.8. The van der Waals surface area contributed by atoms with Gasteiger partial charge in [0, 0.05) is 94.5 Å². The standard InChI is InChI=1S/C32H48N6O5/c1-35-16-20-37(21-17-35)14-4-12-33-28(40)10-8-24-25(32(43)30-26(31(24)42)6-3-7-27(30)39)9-11-29(41)34-13-5-15-38-22-18-36(2)19-23-38/h3,6-7,9,11,39,42-43H,4-5,8,10,12-23H2,1-2H3,(H,33,40)(H,34,41)/b11-9+. The lowest BCUT2D eigenvalue weighted by atomic mass is 9.94. The maximum Gasteiger partial charge on any atom is 0.244 e. The summed E-state index contributed by atoms with van der Waals surface area (Å²) in [7, 11) is 4.25.